The number of anilines is 1. The highest BCUT2D eigenvalue weighted by molar-refractivity contribution is 6.17. The van der Waals surface area contributed by atoms with Crippen LogP contribution in [0.25, 0.3) is 0 Å². The van der Waals surface area contributed by atoms with Crippen LogP contribution < -0.4 is 4.90 Å². The van der Waals surface area contributed by atoms with Crippen LogP contribution in [-0.4, -0.2) is 25.8 Å². The predicted octanol–water partition coefficient (Wildman–Crippen LogP) is 3.18. The van der Waals surface area contributed by atoms with Crippen molar-refractivity contribution in [1.29, 1.82) is 0 Å². The molecule has 0 radical (unpaired) electrons. The summed E-state index contributed by atoms with van der Waals surface area (Å²) in [5.41, 5.74) is 1.49. The van der Waals surface area contributed by atoms with Gasteiger partial charge in [-0.3, -0.25) is 0 Å². The Hall–Kier alpha value is -0.800. The lowest BCUT2D eigenvalue weighted by atomic mass is 10.1. The highest BCUT2D eigenvalue weighted by Crippen LogP contribution is 2.27. The minimum Gasteiger partial charge on any atom is -0.377 e. The van der Waals surface area contributed by atoms with Gasteiger partial charge in [0.1, 0.15) is 5.82 Å². The van der Waals surface area contributed by atoms with Crippen molar-refractivity contribution in [2.75, 3.05) is 24.6 Å². The number of alkyl halides is 1. The molecule has 0 aliphatic carbocycles. The highest BCUT2D eigenvalue weighted by atomic mass is 35.5. The van der Waals surface area contributed by atoms with Crippen LogP contribution in [0.3, 0.4) is 0 Å². The molecule has 1 aromatic carbocycles. The molecule has 1 saturated heterocycles. The van der Waals surface area contributed by atoms with Crippen molar-refractivity contribution in [1.82, 2.24) is 0 Å². The van der Waals surface area contributed by atoms with Gasteiger partial charge in [0.15, 0.2) is 0 Å². The Morgan fingerprint density at radius 2 is 2.35 bits per heavy atom. The molecule has 94 valence electrons. The normalized spacial score (nSPS) is 21.4. The Morgan fingerprint density at radius 3 is 3.12 bits per heavy atom. The molecule has 1 heterocycles. The first-order chi connectivity index (χ1) is 8.22. The minimum atomic E-state index is -0.197. The summed E-state index contributed by atoms with van der Waals surface area (Å²) in [6, 6.07) is 5.07. The van der Waals surface area contributed by atoms with Crippen LogP contribution in [0.4, 0.5) is 10.1 Å². The van der Waals surface area contributed by atoms with Crippen LogP contribution in [0.1, 0.15) is 18.9 Å². The van der Waals surface area contributed by atoms with Crippen LogP contribution in [0, 0.1) is 5.82 Å². The lowest BCUT2D eigenvalue weighted by Crippen LogP contribution is -2.31. The lowest BCUT2D eigenvalue weighted by molar-refractivity contribution is 0.0820. The van der Waals surface area contributed by atoms with E-state index in [1.54, 1.807) is 6.07 Å². The first-order valence-electron chi connectivity index (χ1n) is 5.92. The fourth-order valence-electron chi connectivity index (χ4n) is 2.22. The third-order valence-electron chi connectivity index (χ3n) is 2.98. The van der Waals surface area contributed by atoms with E-state index >= 15 is 0 Å². The minimum absolute atomic E-state index is 0.125. The topological polar surface area (TPSA) is 12.5 Å². The van der Waals surface area contributed by atoms with Gasteiger partial charge in [-0.2, -0.15) is 0 Å². The number of para-hydroxylation sites is 1. The Morgan fingerprint density at radius 1 is 1.53 bits per heavy atom. The smallest absolute Gasteiger partial charge is 0.146 e. The molecule has 1 aliphatic heterocycles. The summed E-state index contributed by atoms with van der Waals surface area (Å²) in [4.78, 5) is 2.05. The first-order valence-corrected chi connectivity index (χ1v) is 6.45. The molecule has 1 aromatic rings. The maximum absolute atomic E-state index is 13.9. The Labute approximate surface area is 106 Å². The second kappa shape index (κ2) is 5.69. The van der Waals surface area contributed by atoms with E-state index in [1.165, 1.54) is 6.07 Å². The van der Waals surface area contributed by atoms with Gasteiger partial charge in [0.25, 0.3) is 0 Å². The van der Waals surface area contributed by atoms with Crippen LogP contribution in [0.5, 0.6) is 0 Å². The van der Waals surface area contributed by atoms with Gasteiger partial charge in [0.05, 0.1) is 11.8 Å². The lowest BCUT2D eigenvalue weighted by Gasteiger charge is -2.26. The van der Waals surface area contributed by atoms with Crippen molar-refractivity contribution >= 4 is 17.3 Å². The van der Waals surface area contributed by atoms with Crippen LogP contribution in [0.15, 0.2) is 18.2 Å². The number of benzene rings is 1. The highest BCUT2D eigenvalue weighted by Gasteiger charge is 2.20. The molecule has 1 aliphatic rings. The van der Waals surface area contributed by atoms with Crippen molar-refractivity contribution in [3.63, 3.8) is 0 Å². The first kappa shape index (κ1) is 12.7. The van der Waals surface area contributed by atoms with E-state index in [1.807, 2.05) is 17.9 Å². The van der Waals surface area contributed by atoms with Gasteiger partial charge in [0.2, 0.25) is 0 Å². The number of hydrogen-bond donors (Lipinski definition) is 0. The molecular weight excluding hydrogens is 241 g/mol. The SMILES string of the molecule is CC1CN(c2c(F)cccc2CCl)CCCO1. The number of nitrogens with zero attached hydrogens (tertiary/aromatic N) is 1. The zero-order valence-electron chi connectivity index (χ0n) is 9.96. The molecular formula is C13H17ClFNO. The van der Waals surface area contributed by atoms with E-state index in [0.717, 1.165) is 25.1 Å². The molecule has 0 saturated carbocycles. The molecule has 0 amide bonds. The maximum Gasteiger partial charge on any atom is 0.146 e. The quantitative estimate of drug-likeness (QED) is 0.755. The van der Waals surface area contributed by atoms with Gasteiger partial charge in [-0.1, -0.05) is 12.1 Å². The van der Waals surface area contributed by atoms with Gasteiger partial charge in [-0.25, -0.2) is 4.39 Å². The number of ether oxygens (including phenoxy) is 1. The predicted molar refractivity (Wildman–Crippen MR) is 68.2 cm³/mol. The largest absolute Gasteiger partial charge is 0.377 e. The van der Waals surface area contributed by atoms with Gasteiger partial charge in [-0.15, -0.1) is 11.6 Å². The second-order valence-electron chi connectivity index (χ2n) is 4.36. The monoisotopic (exact) mass is 257 g/mol. The molecule has 4 heteroatoms. The summed E-state index contributed by atoms with van der Waals surface area (Å²) < 4.78 is 19.5. The average Bonchev–Trinajstić information content (AvgIpc) is 2.53. The number of rotatable bonds is 2. The molecule has 1 atom stereocenters. The zero-order valence-corrected chi connectivity index (χ0v) is 10.7. The summed E-state index contributed by atoms with van der Waals surface area (Å²) in [5.74, 6) is 0.135. The fraction of sp³-hybridized carbons (Fsp3) is 0.538. The molecule has 0 bridgehead atoms. The van der Waals surface area contributed by atoms with Crippen LogP contribution in [-0.2, 0) is 10.6 Å². The van der Waals surface area contributed by atoms with E-state index in [9.17, 15) is 4.39 Å². The Balaban J connectivity index is 2.31. The summed E-state index contributed by atoms with van der Waals surface area (Å²) in [6.07, 6.45) is 1.04. The van der Waals surface area contributed by atoms with Crippen molar-refractivity contribution in [2.45, 2.75) is 25.3 Å². The van der Waals surface area contributed by atoms with E-state index < -0.39 is 0 Å². The Bertz CT molecular complexity index is 386. The fourth-order valence-corrected chi connectivity index (χ4v) is 2.44. The zero-order chi connectivity index (χ0) is 12.3. The van der Waals surface area contributed by atoms with E-state index in [2.05, 4.69) is 0 Å². The molecule has 17 heavy (non-hydrogen) atoms. The Kier molecular flexibility index (Phi) is 4.24. The van der Waals surface area contributed by atoms with Gasteiger partial charge >= 0.3 is 0 Å². The van der Waals surface area contributed by atoms with E-state index in [4.69, 9.17) is 16.3 Å². The molecule has 0 spiro atoms. The van der Waals surface area contributed by atoms with E-state index in [-0.39, 0.29) is 11.9 Å². The van der Waals surface area contributed by atoms with Crippen molar-refractivity contribution < 1.29 is 9.13 Å². The van der Waals surface area contributed by atoms with Crippen LogP contribution in [0.2, 0.25) is 0 Å². The van der Waals surface area contributed by atoms with Gasteiger partial charge in [0, 0.05) is 25.6 Å². The van der Waals surface area contributed by atoms with Crippen LogP contribution >= 0.6 is 11.6 Å². The third-order valence-corrected chi connectivity index (χ3v) is 3.27. The van der Waals surface area contributed by atoms with Gasteiger partial charge < -0.3 is 9.64 Å². The van der Waals surface area contributed by atoms with Crippen molar-refractivity contribution in [3.05, 3.63) is 29.6 Å². The third kappa shape index (κ3) is 2.90. The standard InChI is InChI=1S/C13H17ClFNO/c1-10-9-16(6-3-7-17-10)13-11(8-14)4-2-5-12(13)15/h2,4-5,10H,3,6-9H2,1H3. The molecule has 1 fully saturated rings. The molecule has 0 aromatic heterocycles. The number of halogens is 2. The second-order valence-corrected chi connectivity index (χ2v) is 4.63. The molecule has 2 nitrogen and oxygen atoms in total. The summed E-state index contributed by atoms with van der Waals surface area (Å²) >= 11 is 5.88. The molecule has 1 unspecified atom stereocenters. The summed E-state index contributed by atoms with van der Waals surface area (Å²) in [6.45, 7) is 4.28. The van der Waals surface area contributed by atoms with Crippen molar-refractivity contribution in [2.24, 2.45) is 0 Å². The summed E-state index contributed by atoms with van der Waals surface area (Å²) in [5, 5.41) is 0. The molecule has 2 rings (SSSR count). The average molecular weight is 258 g/mol. The number of hydrogen-bond acceptors (Lipinski definition) is 2. The molecule has 0 N–H and O–H groups in total. The van der Waals surface area contributed by atoms with E-state index in [0.29, 0.717) is 18.1 Å². The maximum atomic E-state index is 13.9. The van der Waals surface area contributed by atoms with Gasteiger partial charge in [-0.05, 0) is 25.0 Å². The summed E-state index contributed by atoms with van der Waals surface area (Å²) in [7, 11) is 0. The van der Waals surface area contributed by atoms with Crippen molar-refractivity contribution in [3.8, 4) is 0 Å².